The van der Waals surface area contributed by atoms with Gasteiger partial charge in [-0.15, -0.1) is 23.2 Å². The number of phenols is 1. The van der Waals surface area contributed by atoms with E-state index in [1.165, 1.54) is 19.9 Å². The minimum absolute atomic E-state index is 0.0241. The predicted octanol–water partition coefficient (Wildman–Crippen LogP) is 1.63. The number of ether oxygens (including phenoxy) is 1. The fourth-order valence-electron chi connectivity index (χ4n) is 2.30. The topological polar surface area (TPSA) is 102 Å². The van der Waals surface area contributed by atoms with Crippen molar-refractivity contribution in [2.75, 3.05) is 0 Å². The van der Waals surface area contributed by atoms with Crippen molar-refractivity contribution in [3.63, 3.8) is 0 Å². The highest BCUT2D eigenvalue weighted by Gasteiger charge is 2.51. The van der Waals surface area contributed by atoms with Crippen LogP contribution < -0.4 is 11.1 Å². The number of carbonyl (C=O) groups is 2. The smallest absolute Gasteiger partial charge is 0.343 e. The predicted molar refractivity (Wildman–Crippen MR) is 82.0 cm³/mol. The molecule has 0 saturated carbocycles. The minimum Gasteiger partial charge on any atom is -0.507 e. The van der Waals surface area contributed by atoms with Gasteiger partial charge >= 0.3 is 5.97 Å². The summed E-state index contributed by atoms with van der Waals surface area (Å²) in [5, 5.41) is 12.6. The van der Waals surface area contributed by atoms with Gasteiger partial charge in [0.15, 0.2) is 5.60 Å². The third kappa shape index (κ3) is 2.74. The molecule has 22 heavy (non-hydrogen) atoms. The van der Waals surface area contributed by atoms with E-state index < -0.39 is 34.4 Å². The summed E-state index contributed by atoms with van der Waals surface area (Å²) in [6.45, 7) is 3.03. The Morgan fingerprint density at radius 2 is 2.14 bits per heavy atom. The Hall–Kier alpha value is -1.50. The Labute approximate surface area is 137 Å². The number of nitrogens with one attached hydrogen (secondary N) is 1. The number of fused-ring (bicyclic) bond motifs is 1. The molecule has 0 aliphatic carbocycles. The van der Waals surface area contributed by atoms with Crippen LogP contribution in [0.5, 0.6) is 5.75 Å². The van der Waals surface area contributed by atoms with Crippen LogP contribution in [0.2, 0.25) is 0 Å². The number of phenolic OH excluding ortho intramolecular Hbond substituents is 1. The second-order valence-electron chi connectivity index (χ2n) is 5.35. The third-order valence-corrected chi connectivity index (χ3v) is 4.48. The van der Waals surface area contributed by atoms with Gasteiger partial charge in [-0.2, -0.15) is 0 Å². The first kappa shape index (κ1) is 16.9. The molecule has 1 aromatic rings. The van der Waals surface area contributed by atoms with Gasteiger partial charge in [0, 0.05) is 0 Å². The lowest BCUT2D eigenvalue weighted by molar-refractivity contribution is -0.125. The number of nitrogens with two attached hydrogens (primary N) is 1. The first-order valence-electron chi connectivity index (χ1n) is 6.57. The summed E-state index contributed by atoms with van der Waals surface area (Å²) in [5.74, 6) is -1.46. The molecule has 1 aliphatic heterocycles. The van der Waals surface area contributed by atoms with Crippen LogP contribution in [0.15, 0.2) is 18.2 Å². The number of cyclic esters (lactones) is 1. The largest absolute Gasteiger partial charge is 0.507 e. The third-order valence-electron chi connectivity index (χ3n) is 3.61. The van der Waals surface area contributed by atoms with E-state index in [2.05, 4.69) is 5.32 Å². The summed E-state index contributed by atoms with van der Waals surface area (Å²) >= 11 is 11.9. The van der Waals surface area contributed by atoms with Crippen molar-refractivity contribution in [2.24, 2.45) is 5.73 Å². The maximum atomic E-state index is 12.2. The first-order valence-corrected chi connectivity index (χ1v) is 7.45. The molecule has 3 atom stereocenters. The van der Waals surface area contributed by atoms with Gasteiger partial charge in [0.05, 0.1) is 12.1 Å². The first-order chi connectivity index (χ1) is 10.2. The highest BCUT2D eigenvalue weighted by Crippen LogP contribution is 2.44. The molecule has 2 rings (SSSR count). The normalized spacial score (nSPS) is 25.4. The van der Waals surface area contributed by atoms with Gasteiger partial charge in [-0.25, -0.2) is 4.79 Å². The van der Waals surface area contributed by atoms with Crippen molar-refractivity contribution in [1.82, 2.24) is 5.32 Å². The summed E-state index contributed by atoms with van der Waals surface area (Å²) in [6, 6.07) is 2.88. The number of amides is 1. The lowest BCUT2D eigenvalue weighted by atomic mass is 9.85. The molecule has 120 valence electrons. The van der Waals surface area contributed by atoms with Crippen LogP contribution in [-0.2, 0) is 9.53 Å². The molecule has 8 heteroatoms. The van der Waals surface area contributed by atoms with E-state index in [0.717, 1.165) is 0 Å². The Kier molecular flexibility index (Phi) is 4.56. The number of hydrogen-bond donors (Lipinski definition) is 3. The second kappa shape index (κ2) is 5.95. The fraction of sp³-hybridized carbons (Fsp3) is 0.429. The van der Waals surface area contributed by atoms with Gasteiger partial charge in [-0.05, 0) is 25.5 Å². The standard InChI is InChI=1S/C14H16Cl2N2O4/c1-6(17)11(20)18-10-7-4-3-5-8(19)9(7)12(21)22-14(10,2)13(15)16/h3-6,10,13,19H,17H2,1-2H3,(H,18,20)/t6?,10-,14-/m0/s1. The maximum absolute atomic E-state index is 12.2. The van der Waals surface area contributed by atoms with E-state index in [1.54, 1.807) is 12.1 Å². The number of alkyl halides is 2. The zero-order valence-electron chi connectivity index (χ0n) is 12.0. The van der Waals surface area contributed by atoms with Crippen LogP contribution in [0.4, 0.5) is 0 Å². The van der Waals surface area contributed by atoms with Crippen molar-refractivity contribution in [3.05, 3.63) is 29.3 Å². The van der Waals surface area contributed by atoms with Gasteiger partial charge in [-0.1, -0.05) is 12.1 Å². The molecule has 1 aliphatic rings. The maximum Gasteiger partial charge on any atom is 0.343 e. The van der Waals surface area contributed by atoms with Crippen molar-refractivity contribution in [2.45, 2.75) is 36.4 Å². The molecular weight excluding hydrogens is 331 g/mol. The van der Waals surface area contributed by atoms with E-state index in [0.29, 0.717) is 5.56 Å². The van der Waals surface area contributed by atoms with Crippen LogP contribution in [0, 0.1) is 0 Å². The molecule has 0 bridgehead atoms. The summed E-state index contributed by atoms with van der Waals surface area (Å²) in [5.41, 5.74) is 4.51. The summed E-state index contributed by atoms with van der Waals surface area (Å²) in [6.07, 6.45) is 0. The van der Waals surface area contributed by atoms with Crippen LogP contribution in [0.25, 0.3) is 0 Å². The van der Waals surface area contributed by atoms with Gasteiger partial charge in [0.1, 0.15) is 16.1 Å². The van der Waals surface area contributed by atoms with E-state index in [4.69, 9.17) is 33.7 Å². The van der Waals surface area contributed by atoms with E-state index in [9.17, 15) is 14.7 Å². The van der Waals surface area contributed by atoms with Gasteiger partial charge in [0.25, 0.3) is 0 Å². The molecule has 0 aromatic heterocycles. The Balaban J connectivity index is 2.57. The number of aromatic hydroxyl groups is 1. The van der Waals surface area contributed by atoms with Crippen molar-refractivity contribution in [3.8, 4) is 5.75 Å². The zero-order chi connectivity index (χ0) is 16.7. The molecule has 0 saturated heterocycles. The molecular formula is C14H16Cl2N2O4. The average Bonchev–Trinajstić information content (AvgIpc) is 2.42. The number of carbonyl (C=O) groups excluding carboxylic acids is 2. The molecule has 1 amide bonds. The highest BCUT2D eigenvalue weighted by molar-refractivity contribution is 6.45. The molecule has 0 fully saturated rings. The fourth-order valence-corrected chi connectivity index (χ4v) is 2.65. The van der Waals surface area contributed by atoms with Gasteiger partial charge in [-0.3, -0.25) is 4.79 Å². The SMILES string of the molecule is CC(N)C(=O)N[C@H]1c2cccc(O)c2C(=O)O[C@]1(C)C(Cl)Cl. The molecule has 1 unspecified atom stereocenters. The van der Waals surface area contributed by atoms with Crippen molar-refractivity contribution in [1.29, 1.82) is 0 Å². The molecule has 6 nitrogen and oxygen atoms in total. The van der Waals surface area contributed by atoms with Gasteiger partial charge < -0.3 is 20.9 Å². The lowest BCUT2D eigenvalue weighted by Crippen LogP contribution is -2.56. The van der Waals surface area contributed by atoms with Gasteiger partial charge in [0.2, 0.25) is 5.91 Å². The van der Waals surface area contributed by atoms with Crippen molar-refractivity contribution >= 4 is 35.1 Å². The molecule has 1 heterocycles. The van der Waals surface area contributed by atoms with Crippen LogP contribution >= 0.6 is 23.2 Å². The molecule has 1 aromatic carbocycles. The van der Waals surface area contributed by atoms with Crippen molar-refractivity contribution < 1.29 is 19.4 Å². The Bertz CT molecular complexity index is 621. The molecule has 4 N–H and O–H groups in total. The van der Waals surface area contributed by atoms with Crippen LogP contribution in [-0.4, -0.2) is 33.5 Å². The minimum atomic E-state index is -1.40. The molecule has 0 spiro atoms. The summed E-state index contributed by atoms with van der Waals surface area (Å²) < 4.78 is 5.32. The monoisotopic (exact) mass is 346 g/mol. The van der Waals surface area contributed by atoms with E-state index in [-0.39, 0.29) is 11.3 Å². The average molecular weight is 347 g/mol. The molecule has 0 radical (unpaired) electrons. The van der Waals surface area contributed by atoms with Crippen LogP contribution in [0.3, 0.4) is 0 Å². The quantitative estimate of drug-likeness (QED) is 0.570. The summed E-state index contributed by atoms with van der Waals surface area (Å²) in [4.78, 5) is 23.0. The number of rotatable bonds is 3. The summed E-state index contributed by atoms with van der Waals surface area (Å²) in [7, 11) is 0. The zero-order valence-corrected chi connectivity index (χ0v) is 13.5. The number of benzene rings is 1. The second-order valence-corrected chi connectivity index (χ2v) is 6.44. The Morgan fingerprint density at radius 1 is 1.50 bits per heavy atom. The van der Waals surface area contributed by atoms with Crippen LogP contribution in [0.1, 0.15) is 35.8 Å². The Morgan fingerprint density at radius 3 is 2.68 bits per heavy atom. The number of halogens is 2. The highest BCUT2D eigenvalue weighted by atomic mass is 35.5. The lowest BCUT2D eigenvalue weighted by Gasteiger charge is -2.42. The number of hydrogen-bond acceptors (Lipinski definition) is 5. The van der Waals surface area contributed by atoms with E-state index in [1.807, 2.05) is 0 Å². The number of esters is 1. The van der Waals surface area contributed by atoms with E-state index >= 15 is 0 Å².